The van der Waals surface area contributed by atoms with Crippen molar-refractivity contribution in [3.8, 4) is 5.75 Å². The molecule has 3 aromatic rings. The van der Waals surface area contributed by atoms with E-state index in [1.807, 2.05) is 50.2 Å². The zero-order valence-electron chi connectivity index (χ0n) is 15.0. The monoisotopic (exact) mass is 365 g/mol. The molecule has 27 heavy (non-hydrogen) atoms. The van der Waals surface area contributed by atoms with E-state index in [1.54, 1.807) is 12.1 Å². The Morgan fingerprint density at radius 2 is 1.81 bits per heavy atom. The predicted molar refractivity (Wildman–Crippen MR) is 104 cm³/mol. The Labute approximate surface area is 156 Å². The number of aryl methyl sites for hydroxylation is 1. The summed E-state index contributed by atoms with van der Waals surface area (Å²) >= 11 is 0. The van der Waals surface area contributed by atoms with E-state index in [-0.39, 0.29) is 17.3 Å². The zero-order chi connectivity index (χ0) is 19.2. The highest BCUT2D eigenvalue weighted by Crippen LogP contribution is 2.35. The van der Waals surface area contributed by atoms with E-state index in [1.165, 1.54) is 6.33 Å². The average Bonchev–Trinajstić information content (AvgIpc) is 2.63. The van der Waals surface area contributed by atoms with Gasteiger partial charge in [-0.25, -0.2) is 9.97 Å². The minimum absolute atomic E-state index is 0.0808. The Kier molecular flexibility index (Phi) is 5.46. The molecule has 138 valence electrons. The maximum Gasteiger partial charge on any atom is 0.353 e. The first-order valence-corrected chi connectivity index (χ1v) is 8.40. The maximum atomic E-state index is 11.7. The number of para-hydroxylation sites is 2. The Hall–Kier alpha value is -3.68. The number of rotatable bonds is 7. The first-order valence-electron chi connectivity index (χ1n) is 8.40. The molecule has 0 fully saturated rings. The van der Waals surface area contributed by atoms with Crippen molar-refractivity contribution in [3.63, 3.8) is 0 Å². The summed E-state index contributed by atoms with van der Waals surface area (Å²) in [5.74, 6) is 0.774. The van der Waals surface area contributed by atoms with Crippen molar-refractivity contribution in [2.75, 3.05) is 17.2 Å². The van der Waals surface area contributed by atoms with Crippen LogP contribution in [0.25, 0.3) is 0 Å². The minimum Gasteiger partial charge on any atom is -0.492 e. The van der Waals surface area contributed by atoms with Crippen LogP contribution in [0.4, 0.5) is 28.7 Å². The molecule has 0 aliphatic carbocycles. The van der Waals surface area contributed by atoms with Gasteiger partial charge in [0.15, 0.2) is 0 Å². The molecule has 0 bridgehead atoms. The molecule has 0 amide bonds. The molecule has 8 nitrogen and oxygen atoms in total. The highest BCUT2D eigenvalue weighted by atomic mass is 16.6. The van der Waals surface area contributed by atoms with Crippen molar-refractivity contribution >= 4 is 28.7 Å². The van der Waals surface area contributed by atoms with Gasteiger partial charge >= 0.3 is 5.69 Å². The number of nitrogens with one attached hydrogen (secondary N) is 2. The first kappa shape index (κ1) is 18.1. The summed E-state index contributed by atoms with van der Waals surface area (Å²) in [4.78, 5) is 19.3. The molecule has 0 aliphatic rings. The molecule has 0 saturated carbocycles. The molecule has 0 radical (unpaired) electrons. The van der Waals surface area contributed by atoms with Crippen LogP contribution in [-0.4, -0.2) is 21.5 Å². The van der Waals surface area contributed by atoms with Crippen LogP contribution >= 0.6 is 0 Å². The second-order valence-corrected chi connectivity index (χ2v) is 5.73. The largest absolute Gasteiger partial charge is 0.492 e. The number of benzene rings is 2. The summed E-state index contributed by atoms with van der Waals surface area (Å²) in [5.41, 5.74) is 2.08. The zero-order valence-corrected chi connectivity index (χ0v) is 15.0. The Morgan fingerprint density at radius 1 is 1.07 bits per heavy atom. The van der Waals surface area contributed by atoms with Crippen molar-refractivity contribution in [3.05, 3.63) is 70.5 Å². The van der Waals surface area contributed by atoms with Crippen molar-refractivity contribution in [2.45, 2.75) is 13.8 Å². The lowest BCUT2D eigenvalue weighted by Crippen LogP contribution is -2.06. The lowest BCUT2D eigenvalue weighted by atomic mass is 10.2. The van der Waals surface area contributed by atoms with Gasteiger partial charge in [0.2, 0.25) is 11.6 Å². The minimum atomic E-state index is -0.510. The van der Waals surface area contributed by atoms with Crippen LogP contribution in [0.3, 0.4) is 0 Å². The van der Waals surface area contributed by atoms with Crippen molar-refractivity contribution in [1.82, 2.24) is 9.97 Å². The third-order valence-electron chi connectivity index (χ3n) is 3.73. The van der Waals surface area contributed by atoms with E-state index in [0.717, 1.165) is 5.56 Å². The first-order chi connectivity index (χ1) is 13.1. The van der Waals surface area contributed by atoms with Crippen LogP contribution in [0.2, 0.25) is 0 Å². The van der Waals surface area contributed by atoms with Crippen molar-refractivity contribution < 1.29 is 9.66 Å². The maximum absolute atomic E-state index is 11.7. The van der Waals surface area contributed by atoms with Crippen LogP contribution in [0.5, 0.6) is 5.75 Å². The molecule has 1 heterocycles. The van der Waals surface area contributed by atoms with Gasteiger partial charge in [0.1, 0.15) is 12.1 Å². The van der Waals surface area contributed by atoms with E-state index < -0.39 is 4.92 Å². The van der Waals surface area contributed by atoms with E-state index in [4.69, 9.17) is 4.74 Å². The van der Waals surface area contributed by atoms with E-state index >= 15 is 0 Å². The topological polar surface area (TPSA) is 102 Å². The van der Waals surface area contributed by atoms with Gasteiger partial charge in [0.05, 0.1) is 17.2 Å². The number of nitro groups is 1. The highest BCUT2D eigenvalue weighted by Gasteiger charge is 2.24. The third kappa shape index (κ3) is 4.30. The van der Waals surface area contributed by atoms with Gasteiger partial charge in [-0.2, -0.15) is 0 Å². The van der Waals surface area contributed by atoms with Crippen LogP contribution in [0.15, 0.2) is 54.9 Å². The van der Waals surface area contributed by atoms with Crippen molar-refractivity contribution in [1.29, 1.82) is 0 Å². The fourth-order valence-corrected chi connectivity index (χ4v) is 2.57. The van der Waals surface area contributed by atoms with Gasteiger partial charge in [-0.05, 0) is 43.7 Å². The van der Waals surface area contributed by atoms with E-state index in [2.05, 4.69) is 20.6 Å². The van der Waals surface area contributed by atoms with Gasteiger partial charge < -0.3 is 15.4 Å². The van der Waals surface area contributed by atoms with Gasteiger partial charge in [0.25, 0.3) is 0 Å². The highest BCUT2D eigenvalue weighted by molar-refractivity contribution is 5.78. The Bertz CT molecular complexity index is 962. The standard InChI is InChI=1S/C19H19N5O3/c1-3-27-16-10-5-4-9-15(16)23-19-17(24(25)26)18(20-12-21-19)22-14-8-6-7-13(2)11-14/h4-12H,3H2,1-2H3,(H2,20,21,22,23). The van der Waals surface area contributed by atoms with Gasteiger partial charge in [-0.15, -0.1) is 0 Å². The van der Waals surface area contributed by atoms with E-state index in [0.29, 0.717) is 23.7 Å². The number of hydrogen-bond acceptors (Lipinski definition) is 7. The lowest BCUT2D eigenvalue weighted by Gasteiger charge is -2.13. The summed E-state index contributed by atoms with van der Waals surface area (Å²) < 4.78 is 5.56. The fourth-order valence-electron chi connectivity index (χ4n) is 2.57. The fraction of sp³-hybridized carbons (Fsp3) is 0.158. The van der Waals surface area contributed by atoms with Gasteiger partial charge in [0, 0.05) is 5.69 Å². The predicted octanol–water partition coefficient (Wildman–Crippen LogP) is 4.58. The Morgan fingerprint density at radius 3 is 2.52 bits per heavy atom. The molecule has 2 N–H and O–H groups in total. The number of ether oxygens (including phenoxy) is 1. The van der Waals surface area contributed by atoms with Gasteiger partial charge in [-0.1, -0.05) is 24.3 Å². The second kappa shape index (κ2) is 8.13. The second-order valence-electron chi connectivity index (χ2n) is 5.73. The quantitative estimate of drug-likeness (QED) is 0.467. The number of anilines is 4. The number of aromatic nitrogens is 2. The number of hydrogen-bond donors (Lipinski definition) is 2. The smallest absolute Gasteiger partial charge is 0.353 e. The molecule has 0 aliphatic heterocycles. The molecule has 0 atom stereocenters. The summed E-state index contributed by atoms with van der Waals surface area (Å²) in [5, 5.41) is 17.7. The Balaban J connectivity index is 1.98. The average molecular weight is 365 g/mol. The molecular weight excluding hydrogens is 346 g/mol. The summed E-state index contributed by atoms with van der Waals surface area (Å²) in [6.45, 7) is 4.29. The molecule has 0 saturated heterocycles. The molecule has 0 unspecified atom stereocenters. The lowest BCUT2D eigenvalue weighted by molar-refractivity contribution is -0.383. The summed E-state index contributed by atoms with van der Waals surface area (Å²) in [7, 11) is 0. The molecule has 0 spiro atoms. The third-order valence-corrected chi connectivity index (χ3v) is 3.73. The molecule has 1 aromatic heterocycles. The molecule has 8 heteroatoms. The van der Waals surface area contributed by atoms with E-state index in [9.17, 15) is 10.1 Å². The van der Waals surface area contributed by atoms with Crippen LogP contribution in [0.1, 0.15) is 12.5 Å². The molecular formula is C19H19N5O3. The SMILES string of the molecule is CCOc1ccccc1Nc1ncnc(Nc2cccc(C)c2)c1[N+](=O)[O-]. The van der Waals surface area contributed by atoms with Crippen LogP contribution in [-0.2, 0) is 0 Å². The van der Waals surface area contributed by atoms with Crippen LogP contribution < -0.4 is 15.4 Å². The summed E-state index contributed by atoms with van der Waals surface area (Å²) in [6, 6.07) is 14.7. The molecule has 2 aromatic carbocycles. The van der Waals surface area contributed by atoms with Crippen LogP contribution in [0, 0.1) is 17.0 Å². The summed E-state index contributed by atoms with van der Waals surface area (Å²) in [6.07, 6.45) is 1.27. The normalized spacial score (nSPS) is 10.3. The molecule has 3 rings (SSSR count). The number of nitrogens with zero attached hydrogens (tertiary/aromatic N) is 3. The van der Waals surface area contributed by atoms with Gasteiger partial charge in [-0.3, -0.25) is 10.1 Å². The van der Waals surface area contributed by atoms with Crippen molar-refractivity contribution in [2.24, 2.45) is 0 Å².